The van der Waals surface area contributed by atoms with Gasteiger partial charge < -0.3 is 5.32 Å². The van der Waals surface area contributed by atoms with Crippen LogP contribution in [0.5, 0.6) is 0 Å². The lowest BCUT2D eigenvalue weighted by molar-refractivity contribution is 0.426. The second kappa shape index (κ2) is 6.60. The number of hydrogen-bond donors (Lipinski definition) is 1. The molecule has 0 aromatic heterocycles. The van der Waals surface area contributed by atoms with E-state index in [4.69, 9.17) is 0 Å². The van der Waals surface area contributed by atoms with Crippen LogP contribution < -0.4 is 5.32 Å². The molecule has 0 bridgehead atoms. The van der Waals surface area contributed by atoms with E-state index in [2.05, 4.69) is 5.32 Å². The molecule has 0 unspecified atom stereocenters. The first-order chi connectivity index (χ1) is 8.51. The molecule has 2 rings (SSSR count). The Morgan fingerprint density at radius 2 is 1.89 bits per heavy atom. The monoisotopic (exact) mass is 312 g/mol. The van der Waals surface area contributed by atoms with Crippen LogP contribution in [0.2, 0.25) is 0 Å². The van der Waals surface area contributed by atoms with Crippen LogP contribution in [0.25, 0.3) is 0 Å². The van der Waals surface area contributed by atoms with Crippen molar-refractivity contribution in [1.82, 2.24) is 9.62 Å². The lowest BCUT2D eigenvalue weighted by atomic mass is 10.3. The van der Waals surface area contributed by atoms with Crippen molar-refractivity contribution in [2.75, 3.05) is 26.2 Å². The van der Waals surface area contributed by atoms with Gasteiger partial charge in [0.25, 0.3) is 0 Å². The van der Waals surface area contributed by atoms with Gasteiger partial charge >= 0.3 is 0 Å². The molecule has 0 atom stereocenters. The normalized spacial score (nSPS) is 17.6. The Balaban J connectivity index is 0.00000180. The zero-order valence-electron chi connectivity index (χ0n) is 10.1. The molecule has 1 aliphatic heterocycles. The Bertz CT molecular complexity index is 531. The highest BCUT2D eigenvalue weighted by molar-refractivity contribution is 7.89. The van der Waals surface area contributed by atoms with Crippen LogP contribution in [-0.2, 0) is 10.0 Å². The van der Waals surface area contributed by atoms with Crippen molar-refractivity contribution in [1.29, 1.82) is 0 Å². The third kappa shape index (κ3) is 3.62. The molecule has 1 fully saturated rings. The van der Waals surface area contributed by atoms with Gasteiger partial charge in [0.15, 0.2) is 0 Å². The molecule has 0 aliphatic carbocycles. The molecule has 1 aromatic carbocycles. The Hall–Kier alpha value is -0.760. The molecule has 1 aromatic rings. The van der Waals surface area contributed by atoms with Crippen LogP contribution in [0.3, 0.4) is 0 Å². The standard InChI is InChI=1S/C11H14F2N2O2S.ClH/c12-9-2-3-10(13)11(8-9)18(16,17)15-6-1-4-14-5-7-15;/h2-3,8,14H,1,4-7H2;1H. The molecule has 108 valence electrons. The molecule has 1 N–H and O–H groups in total. The van der Waals surface area contributed by atoms with Crippen LogP contribution in [0.1, 0.15) is 6.42 Å². The van der Waals surface area contributed by atoms with E-state index in [0.29, 0.717) is 19.5 Å². The Kier molecular flexibility index (Phi) is 5.66. The Morgan fingerprint density at radius 1 is 1.16 bits per heavy atom. The number of benzene rings is 1. The van der Waals surface area contributed by atoms with E-state index in [0.717, 1.165) is 24.7 Å². The predicted molar refractivity (Wildman–Crippen MR) is 69.9 cm³/mol. The number of rotatable bonds is 2. The molecule has 4 nitrogen and oxygen atoms in total. The maximum atomic E-state index is 13.5. The summed E-state index contributed by atoms with van der Waals surface area (Å²) in [6.07, 6.45) is 0.649. The summed E-state index contributed by atoms with van der Waals surface area (Å²) in [7, 11) is -3.96. The first-order valence-corrected chi connectivity index (χ1v) is 7.12. The number of nitrogens with zero attached hydrogens (tertiary/aromatic N) is 1. The van der Waals surface area contributed by atoms with Crippen LogP contribution >= 0.6 is 12.4 Å². The Labute approximate surface area is 117 Å². The third-order valence-electron chi connectivity index (χ3n) is 2.81. The van der Waals surface area contributed by atoms with Crippen LogP contribution in [-0.4, -0.2) is 38.9 Å². The zero-order chi connectivity index (χ0) is 13.2. The lowest BCUT2D eigenvalue weighted by Crippen LogP contribution is -2.34. The van der Waals surface area contributed by atoms with Crippen molar-refractivity contribution in [3.05, 3.63) is 29.8 Å². The minimum Gasteiger partial charge on any atom is -0.315 e. The minimum atomic E-state index is -3.96. The highest BCUT2D eigenvalue weighted by Gasteiger charge is 2.28. The average Bonchev–Trinajstić information content (AvgIpc) is 2.61. The molecule has 0 saturated carbocycles. The van der Waals surface area contributed by atoms with Crippen LogP contribution in [0, 0.1) is 11.6 Å². The van der Waals surface area contributed by atoms with Gasteiger partial charge in [-0.3, -0.25) is 0 Å². The zero-order valence-corrected chi connectivity index (χ0v) is 11.7. The van der Waals surface area contributed by atoms with Gasteiger partial charge in [-0.1, -0.05) is 0 Å². The SMILES string of the molecule is Cl.O=S(=O)(c1cc(F)ccc1F)N1CCCNCC1. The van der Waals surface area contributed by atoms with Gasteiger partial charge in [0.2, 0.25) is 10.0 Å². The van der Waals surface area contributed by atoms with Crippen molar-refractivity contribution >= 4 is 22.4 Å². The van der Waals surface area contributed by atoms with Crippen molar-refractivity contribution in [2.24, 2.45) is 0 Å². The molecule has 0 amide bonds. The number of sulfonamides is 1. The van der Waals surface area contributed by atoms with Gasteiger partial charge in [0.1, 0.15) is 16.5 Å². The van der Waals surface area contributed by atoms with Crippen LogP contribution in [0.4, 0.5) is 8.78 Å². The second-order valence-corrected chi connectivity index (χ2v) is 5.99. The predicted octanol–water partition coefficient (Wildman–Crippen LogP) is 1.37. The molecular weight excluding hydrogens is 298 g/mol. The van der Waals surface area contributed by atoms with Crippen molar-refractivity contribution in [2.45, 2.75) is 11.3 Å². The van der Waals surface area contributed by atoms with Gasteiger partial charge in [-0.2, -0.15) is 4.31 Å². The summed E-state index contributed by atoms with van der Waals surface area (Å²) in [4.78, 5) is -0.593. The van der Waals surface area contributed by atoms with Gasteiger partial charge in [-0.25, -0.2) is 17.2 Å². The maximum absolute atomic E-state index is 13.5. The fourth-order valence-corrected chi connectivity index (χ4v) is 3.43. The first-order valence-electron chi connectivity index (χ1n) is 5.68. The van der Waals surface area contributed by atoms with Crippen molar-refractivity contribution < 1.29 is 17.2 Å². The fourth-order valence-electron chi connectivity index (χ4n) is 1.88. The molecule has 1 heterocycles. The van der Waals surface area contributed by atoms with Crippen LogP contribution in [0.15, 0.2) is 23.1 Å². The Morgan fingerprint density at radius 3 is 2.63 bits per heavy atom. The summed E-state index contributed by atoms with van der Waals surface area (Å²) >= 11 is 0. The molecule has 8 heteroatoms. The van der Waals surface area contributed by atoms with E-state index in [1.165, 1.54) is 4.31 Å². The van der Waals surface area contributed by atoms with Gasteiger partial charge in [-0.05, 0) is 31.2 Å². The third-order valence-corrected chi connectivity index (χ3v) is 4.72. The van der Waals surface area contributed by atoms with E-state index in [-0.39, 0.29) is 19.0 Å². The largest absolute Gasteiger partial charge is 0.315 e. The van der Waals surface area contributed by atoms with E-state index in [9.17, 15) is 17.2 Å². The summed E-state index contributed by atoms with van der Waals surface area (Å²) in [6, 6.07) is 2.46. The van der Waals surface area contributed by atoms with E-state index in [1.807, 2.05) is 0 Å². The number of halogens is 3. The number of hydrogen-bond acceptors (Lipinski definition) is 3. The topological polar surface area (TPSA) is 49.4 Å². The van der Waals surface area contributed by atoms with Gasteiger partial charge in [0.05, 0.1) is 0 Å². The summed E-state index contributed by atoms with van der Waals surface area (Å²) in [5.74, 6) is -1.68. The highest BCUT2D eigenvalue weighted by atomic mass is 35.5. The van der Waals surface area contributed by atoms with Gasteiger partial charge in [-0.15, -0.1) is 12.4 Å². The molecule has 1 saturated heterocycles. The summed E-state index contributed by atoms with van der Waals surface area (Å²) in [5.41, 5.74) is 0. The first kappa shape index (κ1) is 16.3. The molecule has 19 heavy (non-hydrogen) atoms. The fraction of sp³-hybridized carbons (Fsp3) is 0.455. The minimum absolute atomic E-state index is 0. The van der Waals surface area contributed by atoms with Crippen molar-refractivity contribution in [3.63, 3.8) is 0 Å². The van der Waals surface area contributed by atoms with E-state index < -0.39 is 26.6 Å². The lowest BCUT2D eigenvalue weighted by Gasteiger charge is -2.19. The smallest absolute Gasteiger partial charge is 0.246 e. The van der Waals surface area contributed by atoms with Gasteiger partial charge in [0, 0.05) is 19.6 Å². The highest BCUT2D eigenvalue weighted by Crippen LogP contribution is 2.20. The summed E-state index contributed by atoms with van der Waals surface area (Å²) in [6.45, 7) is 1.80. The van der Waals surface area contributed by atoms with E-state index in [1.54, 1.807) is 0 Å². The number of nitrogens with one attached hydrogen (secondary N) is 1. The maximum Gasteiger partial charge on any atom is 0.246 e. The summed E-state index contributed by atoms with van der Waals surface area (Å²) in [5, 5.41) is 3.05. The molecule has 0 radical (unpaired) electrons. The molecule has 1 aliphatic rings. The van der Waals surface area contributed by atoms with E-state index >= 15 is 0 Å². The molecule has 0 spiro atoms. The van der Waals surface area contributed by atoms with Crippen molar-refractivity contribution in [3.8, 4) is 0 Å². The summed E-state index contributed by atoms with van der Waals surface area (Å²) < 4.78 is 52.2. The second-order valence-electron chi connectivity index (χ2n) is 4.08. The quantitative estimate of drug-likeness (QED) is 0.897. The average molecular weight is 313 g/mol. The molecular formula is C11H15ClF2N2O2S.